The summed E-state index contributed by atoms with van der Waals surface area (Å²) in [6.45, 7) is 2.70. The summed E-state index contributed by atoms with van der Waals surface area (Å²) in [5, 5.41) is 2.80. The fourth-order valence-corrected chi connectivity index (χ4v) is 2.42. The third-order valence-corrected chi connectivity index (χ3v) is 3.59. The Morgan fingerprint density at radius 1 is 1.48 bits per heavy atom. The number of hydrogen-bond donors (Lipinski definition) is 2. The van der Waals surface area contributed by atoms with E-state index in [0.717, 1.165) is 17.7 Å². The first-order chi connectivity index (χ1) is 10.0. The van der Waals surface area contributed by atoms with Crippen LogP contribution in [0.5, 0.6) is 0 Å². The molecule has 0 aliphatic carbocycles. The van der Waals surface area contributed by atoms with Crippen molar-refractivity contribution in [2.24, 2.45) is 5.73 Å². The first-order valence-electron chi connectivity index (χ1n) is 6.99. The van der Waals surface area contributed by atoms with Crippen molar-refractivity contribution in [3.8, 4) is 0 Å². The van der Waals surface area contributed by atoms with Gasteiger partial charge < -0.3 is 20.7 Å². The Balaban J connectivity index is 2.03. The lowest BCUT2D eigenvalue weighted by Crippen LogP contribution is -2.36. The van der Waals surface area contributed by atoms with Gasteiger partial charge in [0.25, 0.3) is 0 Å². The molecule has 0 saturated heterocycles. The lowest BCUT2D eigenvalue weighted by Gasteiger charge is -2.16. The van der Waals surface area contributed by atoms with Gasteiger partial charge in [0.05, 0.1) is 6.04 Å². The number of fused-ring (bicyclic) bond motifs is 1. The van der Waals surface area contributed by atoms with Crippen LogP contribution in [0.1, 0.15) is 18.9 Å². The zero-order valence-corrected chi connectivity index (χ0v) is 12.4. The monoisotopic (exact) mass is 291 g/mol. The summed E-state index contributed by atoms with van der Waals surface area (Å²) < 4.78 is 4.91. The first kappa shape index (κ1) is 15.5. The van der Waals surface area contributed by atoms with Crippen LogP contribution in [0.3, 0.4) is 0 Å². The molecular formula is C15H21N3O3. The molecule has 1 aromatic carbocycles. The van der Waals surface area contributed by atoms with Crippen LogP contribution >= 0.6 is 0 Å². The van der Waals surface area contributed by atoms with Crippen LogP contribution in [0.4, 0.5) is 11.4 Å². The van der Waals surface area contributed by atoms with Crippen LogP contribution in [0.15, 0.2) is 18.2 Å². The second-order valence-corrected chi connectivity index (χ2v) is 5.14. The standard InChI is InChI=1S/C15H21N3O3/c1-10(19)18-7-5-11-9-12(3-4-14(11)18)17-15(20)13(16)6-8-21-2/h3-4,9,13H,5-8,16H2,1-2H3,(H,17,20). The van der Waals surface area contributed by atoms with E-state index in [4.69, 9.17) is 10.5 Å². The van der Waals surface area contributed by atoms with Crippen LogP contribution in [-0.4, -0.2) is 38.1 Å². The zero-order valence-electron chi connectivity index (χ0n) is 12.4. The highest BCUT2D eigenvalue weighted by Crippen LogP contribution is 2.30. The number of carbonyl (C=O) groups excluding carboxylic acids is 2. The van der Waals surface area contributed by atoms with Gasteiger partial charge in [0.1, 0.15) is 0 Å². The minimum absolute atomic E-state index is 0.0344. The van der Waals surface area contributed by atoms with Gasteiger partial charge >= 0.3 is 0 Å². The number of benzene rings is 1. The molecule has 3 N–H and O–H groups in total. The van der Waals surface area contributed by atoms with E-state index in [1.807, 2.05) is 12.1 Å². The van der Waals surface area contributed by atoms with Gasteiger partial charge in [-0.05, 0) is 36.6 Å². The summed E-state index contributed by atoms with van der Waals surface area (Å²) in [6, 6.07) is 4.97. The van der Waals surface area contributed by atoms with Crippen molar-refractivity contribution in [2.75, 3.05) is 30.5 Å². The van der Waals surface area contributed by atoms with Gasteiger partial charge in [-0.25, -0.2) is 0 Å². The van der Waals surface area contributed by atoms with Crippen LogP contribution in [0, 0.1) is 0 Å². The Kier molecular flexibility index (Phi) is 4.93. The molecule has 0 bridgehead atoms. The molecule has 114 valence electrons. The lowest BCUT2D eigenvalue weighted by molar-refractivity contribution is -0.118. The summed E-state index contributed by atoms with van der Waals surface area (Å²) in [4.78, 5) is 25.2. The van der Waals surface area contributed by atoms with Crippen molar-refractivity contribution in [3.63, 3.8) is 0 Å². The number of ether oxygens (including phenoxy) is 1. The van der Waals surface area contributed by atoms with E-state index < -0.39 is 6.04 Å². The van der Waals surface area contributed by atoms with E-state index in [1.165, 1.54) is 0 Å². The van der Waals surface area contributed by atoms with Crippen molar-refractivity contribution >= 4 is 23.2 Å². The van der Waals surface area contributed by atoms with Gasteiger partial charge in [-0.15, -0.1) is 0 Å². The Bertz CT molecular complexity index is 545. The number of rotatable bonds is 5. The van der Waals surface area contributed by atoms with Crippen molar-refractivity contribution in [1.29, 1.82) is 0 Å². The highest BCUT2D eigenvalue weighted by molar-refractivity contribution is 5.97. The molecule has 2 rings (SSSR count). The van der Waals surface area contributed by atoms with Crippen LogP contribution in [0.25, 0.3) is 0 Å². The van der Waals surface area contributed by atoms with Crippen LogP contribution in [-0.2, 0) is 20.7 Å². The zero-order chi connectivity index (χ0) is 15.4. The SMILES string of the molecule is COCCC(N)C(=O)Nc1ccc2c(c1)CCN2C(C)=O. The molecule has 0 radical (unpaired) electrons. The summed E-state index contributed by atoms with van der Waals surface area (Å²) in [5.74, 6) is -0.194. The molecule has 1 atom stereocenters. The fraction of sp³-hybridized carbons (Fsp3) is 0.467. The second kappa shape index (κ2) is 6.69. The Labute approximate surface area is 124 Å². The van der Waals surface area contributed by atoms with Crippen molar-refractivity contribution in [1.82, 2.24) is 0 Å². The second-order valence-electron chi connectivity index (χ2n) is 5.14. The molecule has 0 fully saturated rings. The third kappa shape index (κ3) is 3.59. The highest BCUT2D eigenvalue weighted by Gasteiger charge is 2.22. The Hall–Kier alpha value is -1.92. The number of carbonyl (C=O) groups is 2. The molecule has 0 aromatic heterocycles. The molecule has 0 saturated carbocycles. The number of nitrogens with one attached hydrogen (secondary N) is 1. The molecule has 1 aliphatic rings. The molecule has 21 heavy (non-hydrogen) atoms. The molecule has 2 amide bonds. The maximum absolute atomic E-state index is 11.9. The Morgan fingerprint density at radius 3 is 2.90 bits per heavy atom. The molecule has 6 heteroatoms. The predicted molar refractivity (Wildman–Crippen MR) is 81.3 cm³/mol. The summed E-state index contributed by atoms with van der Waals surface area (Å²) in [5.41, 5.74) is 8.47. The molecule has 1 aromatic rings. The smallest absolute Gasteiger partial charge is 0.241 e. The normalized spacial score (nSPS) is 14.7. The largest absolute Gasteiger partial charge is 0.385 e. The molecule has 1 heterocycles. The molecule has 1 aliphatic heterocycles. The van der Waals surface area contributed by atoms with E-state index >= 15 is 0 Å². The van der Waals surface area contributed by atoms with E-state index in [1.54, 1.807) is 25.0 Å². The summed E-state index contributed by atoms with van der Waals surface area (Å²) >= 11 is 0. The Morgan fingerprint density at radius 2 is 2.24 bits per heavy atom. The molecule has 0 spiro atoms. The average Bonchev–Trinajstić information content (AvgIpc) is 2.87. The van der Waals surface area contributed by atoms with Crippen LogP contribution < -0.4 is 16.0 Å². The fourth-order valence-electron chi connectivity index (χ4n) is 2.42. The van der Waals surface area contributed by atoms with E-state index in [-0.39, 0.29) is 11.8 Å². The van der Waals surface area contributed by atoms with Gasteiger partial charge in [0.2, 0.25) is 11.8 Å². The average molecular weight is 291 g/mol. The van der Waals surface area contributed by atoms with E-state index in [9.17, 15) is 9.59 Å². The number of amides is 2. The molecular weight excluding hydrogens is 270 g/mol. The first-order valence-corrected chi connectivity index (χ1v) is 6.99. The summed E-state index contributed by atoms with van der Waals surface area (Å²) in [6.07, 6.45) is 1.28. The molecule has 1 unspecified atom stereocenters. The number of nitrogens with two attached hydrogens (primary N) is 1. The number of nitrogens with zero attached hydrogens (tertiary/aromatic N) is 1. The number of methoxy groups -OCH3 is 1. The minimum Gasteiger partial charge on any atom is -0.385 e. The lowest BCUT2D eigenvalue weighted by atomic mass is 10.1. The topological polar surface area (TPSA) is 84.7 Å². The van der Waals surface area contributed by atoms with Gasteiger partial charge in [0.15, 0.2) is 0 Å². The van der Waals surface area contributed by atoms with Crippen molar-refractivity contribution in [3.05, 3.63) is 23.8 Å². The number of hydrogen-bond acceptors (Lipinski definition) is 4. The van der Waals surface area contributed by atoms with Gasteiger partial charge in [-0.1, -0.05) is 0 Å². The van der Waals surface area contributed by atoms with Gasteiger partial charge in [0, 0.05) is 38.6 Å². The number of anilines is 2. The minimum atomic E-state index is -0.591. The highest BCUT2D eigenvalue weighted by atomic mass is 16.5. The van der Waals surface area contributed by atoms with E-state index in [2.05, 4.69) is 5.32 Å². The maximum Gasteiger partial charge on any atom is 0.241 e. The molecule has 6 nitrogen and oxygen atoms in total. The third-order valence-electron chi connectivity index (χ3n) is 3.59. The van der Waals surface area contributed by atoms with Crippen molar-refractivity contribution < 1.29 is 14.3 Å². The summed E-state index contributed by atoms with van der Waals surface area (Å²) in [7, 11) is 1.58. The van der Waals surface area contributed by atoms with Gasteiger partial charge in [-0.3, -0.25) is 9.59 Å². The van der Waals surface area contributed by atoms with E-state index in [0.29, 0.717) is 25.3 Å². The maximum atomic E-state index is 11.9. The van der Waals surface area contributed by atoms with Crippen LogP contribution in [0.2, 0.25) is 0 Å². The van der Waals surface area contributed by atoms with Crippen molar-refractivity contribution in [2.45, 2.75) is 25.8 Å². The van der Waals surface area contributed by atoms with Gasteiger partial charge in [-0.2, -0.15) is 0 Å². The quantitative estimate of drug-likeness (QED) is 0.844. The predicted octanol–water partition coefficient (Wildman–Crippen LogP) is 0.898.